The van der Waals surface area contributed by atoms with Gasteiger partial charge in [-0.25, -0.2) is 9.78 Å². The van der Waals surface area contributed by atoms with Crippen LogP contribution in [0.25, 0.3) is 21.3 Å². The SMILES string of the molecule is Cc1ccc(-c2csc3ncn(CC(=O)NC(=O)NC4CCCCC4)c(=O)c23)cc1C. The standard InChI is InChI=1S/C23H26N4O3S/c1-14-8-9-16(10-15(14)2)18-12-31-21-20(18)22(29)27(13-24-21)11-19(28)26-23(30)25-17-6-4-3-5-7-17/h8-10,12-13,17H,3-7,11H2,1-2H3,(H2,25,26,28,30). The number of urea groups is 1. The molecule has 2 aromatic heterocycles. The Morgan fingerprint density at radius 1 is 1.16 bits per heavy atom. The van der Waals surface area contributed by atoms with Crippen LogP contribution < -0.4 is 16.2 Å². The first-order valence-corrected chi connectivity index (χ1v) is 11.4. The van der Waals surface area contributed by atoms with E-state index in [1.54, 1.807) is 0 Å². The first-order valence-electron chi connectivity index (χ1n) is 10.6. The molecule has 0 bridgehead atoms. The Labute approximate surface area is 184 Å². The van der Waals surface area contributed by atoms with Gasteiger partial charge in [-0.1, -0.05) is 37.5 Å². The van der Waals surface area contributed by atoms with Crippen molar-refractivity contribution in [3.63, 3.8) is 0 Å². The molecule has 1 aliphatic carbocycles. The molecule has 31 heavy (non-hydrogen) atoms. The van der Waals surface area contributed by atoms with E-state index in [1.165, 1.54) is 34.2 Å². The average molecular weight is 439 g/mol. The zero-order valence-corrected chi connectivity index (χ0v) is 18.6. The Bertz CT molecular complexity index is 1190. The molecule has 1 saturated carbocycles. The molecule has 1 aliphatic rings. The minimum Gasteiger partial charge on any atom is -0.335 e. The fourth-order valence-electron chi connectivity index (χ4n) is 3.99. The summed E-state index contributed by atoms with van der Waals surface area (Å²) in [5.41, 5.74) is 3.79. The van der Waals surface area contributed by atoms with Gasteiger partial charge in [0.25, 0.3) is 5.56 Å². The molecule has 3 amide bonds. The Kier molecular flexibility index (Phi) is 6.18. The summed E-state index contributed by atoms with van der Waals surface area (Å²) in [6.45, 7) is 3.82. The lowest BCUT2D eigenvalue weighted by Crippen LogP contribution is -2.46. The maximum atomic E-state index is 13.1. The second-order valence-electron chi connectivity index (χ2n) is 8.16. The van der Waals surface area contributed by atoms with Gasteiger partial charge >= 0.3 is 6.03 Å². The van der Waals surface area contributed by atoms with Gasteiger partial charge in [0.1, 0.15) is 11.4 Å². The predicted molar refractivity (Wildman–Crippen MR) is 122 cm³/mol. The number of fused-ring (bicyclic) bond motifs is 1. The van der Waals surface area contributed by atoms with Crippen LogP contribution in [-0.2, 0) is 11.3 Å². The van der Waals surface area contributed by atoms with Gasteiger partial charge in [-0.05, 0) is 43.4 Å². The molecule has 162 valence electrons. The Balaban J connectivity index is 1.52. The van der Waals surface area contributed by atoms with Crippen LogP contribution in [0.15, 0.2) is 34.7 Å². The third kappa shape index (κ3) is 4.69. The summed E-state index contributed by atoms with van der Waals surface area (Å²) in [4.78, 5) is 42.6. The van der Waals surface area contributed by atoms with Gasteiger partial charge in [0.05, 0.1) is 11.7 Å². The van der Waals surface area contributed by atoms with E-state index in [4.69, 9.17) is 0 Å². The van der Waals surface area contributed by atoms with Crippen LogP contribution >= 0.6 is 11.3 Å². The number of nitrogens with zero attached hydrogens (tertiary/aromatic N) is 2. The van der Waals surface area contributed by atoms with E-state index < -0.39 is 11.9 Å². The van der Waals surface area contributed by atoms with Crippen molar-refractivity contribution in [2.75, 3.05) is 0 Å². The highest BCUT2D eigenvalue weighted by Gasteiger charge is 2.18. The molecule has 0 spiro atoms. The first kappa shape index (κ1) is 21.2. The van der Waals surface area contributed by atoms with Gasteiger partial charge in [-0.3, -0.25) is 19.5 Å². The van der Waals surface area contributed by atoms with Crippen LogP contribution in [0.5, 0.6) is 0 Å². The number of aromatic nitrogens is 2. The summed E-state index contributed by atoms with van der Waals surface area (Å²) in [6, 6.07) is 5.67. The van der Waals surface area contributed by atoms with Crippen molar-refractivity contribution in [3.8, 4) is 11.1 Å². The number of aryl methyl sites for hydroxylation is 2. The monoisotopic (exact) mass is 438 g/mol. The number of nitrogens with one attached hydrogen (secondary N) is 2. The Morgan fingerprint density at radius 2 is 1.94 bits per heavy atom. The molecule has 7 nitrogen and oxygen atoms in total. The normalized spacial score (nSPS) is 14.5. The lowest BCUT2D eigenvalue weighted by atomic mass is 9.96. The number of hydrogen-bond acceptors (Lipinski definition) is 5. The van der Waals surface area contributed by atoms with Crippen molar-refractivity contribution in [3.05, 3.63) is 51.4 Å². The van der Waals surface area contributed by atoms with Crippen molar-refractivity contribution in [2.24, 2.45) is 0 Å². The zero-order valence-electron chi connectivity index (χ0n) is 17.7. The molecular weight excluding hydrogens is 412 g/mol. The lowest BCUT2D eigenvalue weighted by molar-refractivity contribution is -0.120. The second-order valence-corrected chi connectivity index (χ2v) is 9.02. The highest BCUT2D eigenvalue weighted by atomic mass is 32.1. The molecular formula is C23H26N4O3S. The van der Waals surface area contributed by atoms with E-state index in [0.717, 1.165) is 42.4 Å². The van der Waals surface area contributed by atoms with Gasteiger partial charge in [0, 0.05) is 17.0 Å². The number of rotatable bonds is 4. The molecule has 0 saturated heterocycles. The van der Waals surface area contributed by atoms with Crippen LogP contribution in [0.3, 0.4) is 0 Å². The highest BCUT2D eigenvalue weighted by Crippen LogP contribution is 2.31. The van der Waals surface area contributed by atoms with Gasteiger partial charge in [-0.2, -0.15) is 0 Å². The van der Waals surface area contributed by atoms with E-state index in [2.05, 4.69) is 21.7 Å². The van der Waals surface area contributed by atoms with E-state index in [0.29, 0.717) is 10.2 Å². The fourth-order valence-corrected chi connectivity index (χ4v) is 4.90. The number of thiophene rings is 1. The maximum Gasteiger partial charge on any atom is 0.321 e. The molecule has 0 atom stereocenters. The van der Waals surface area contributed by atoms with Crippen LogP contribution in [0.4, 0.5) is 4.79 Å². The van der Waals surface area contributed by atoms with E-state index >= 15 is 0 Å². The van der Waals surface area contributed by atoms with Crippen molar-refractivity contribution < 1.29 is 9.59 Å². The van der Waals surface area contributed by atoms with E-state index in [-0.39, 0.29) is 18.1 Å². The third-order valence-corrected chi connectivity index (χ3v) is 6.77. The molecule has 8 heteroatoms. The zero-order chi connectivity index (χ0) is 22.0. The second kappa shape index (κ2) is 9.01. The number of imide groups is 1. The number of carbonyl (C=O) groups excluding carboxylic acids is 2. The molecule has 0 unspecified atom stereocenters. The van der Waals surface area contributed by atoms with E-state index in [1.807, 2.05) is 31.4 Å². The van der Waals surface area contributed by atoms with Crippen molar-refractivity contribution in [1.29, 1.82) is 0 Å². The predicted octanol–water partition coefficient (Wildman–Crippen LogP) is 3.90. The molecule has 1 aromatic carbocycles. The number of hydrogen-bond donors (Lipinski definition) is 2. The van der Waals surface area contributed by atoms with E-state index in [9.17, 15) is 14.4 Å². The van der Waals surface area contributed by atoms with Crippen molar-refractivity contribution in [1.82, 2.24) is 20.2 Å². The Morgan fingerprint density at radius 3 is 2.68 bits per heavy atom. The smallest absolute Gasteiger partial charge is 0.321 e. The topological polar surface area (TPSA) is 93.1 Å². The number of benzene rings is 1. The molecule has 2 N–H and O–H groups in total. The first-order chi connectivity index (χ1) is 14.9. The molecule has 0 aliphatic heterocycles. The maximum absolute atomic E-state index is 13.1. The summed E-state index contributed by atoms with van der Waals surface area (Å²) in [5.74, 6) is -0.542. The average Bonchev–Trinajstić information content (AvgIpc) is 3.17. The summed E-state index contributed by atoms with van der Waals surface area (Å²) < 4.78 is 1.25. The third-order valence-electron chi connectivity index (χ3n) is 5.89. The fraction of sp³-hybridized carbons (Fsp3) is 0.391. The van der Waals surface area contributed by atoms with Gasteiger partial charge in [0.2, 0.25) is 5.91 Å². The molecule has 1 fully saturated rings. The van der Waals surface area contributed by atoms with Crippen LogP contribution in [-0.4, -0.2) is 27.5 Å². The molecule has 4 rings (SSSR count). The van der Waals surface area contributed by atoms with Crippen LogP contribution in [0.1, 0.15) is 43.2 Å². The van der Waals surface area contributed by atoms with Gasteiger partial charge in [-0.15, -0.1) is 11.3 Å². The molecule has 2 heterocycles. The molecule has 0 radical (unpaired) electrons. The Hall–Kier alpha value is -3.00. The molecule has 3 aromatic rings. The van der Waals surface area contributed by atoms with Gasteiger partial charge < -0.3 is 5.32 Å². The largest absolute Gasteiger partial charge is 0.335 e. The van der Waals surface area contributed by atoms with Crippen molar-refractivity contribution in [2.45, 2.75) is 58.5 Å². The van der Waals surface area contributed by atoms with Gasteiger partial charge in [0.15, 0.2) is 0 Å². The number of carbonyl (C=O) groups is 2. The quantitative estimate of drug-likeness (QED) is 0.646. The van der Waals surface area contributed by atoms with Crippen LogP contribution in [0.2, 0.25) is 0 Å². The minimum absolute atomic E-state index is 0.105. The minimum atomic E-state index is -0.542. The number of amides is 3. The summed E-state index contributed by atoms with van der Waals surface area (Å²) in [6.07, 6.45) is 6.59. The summed E-state index contributed by atoms with van der Waals surface area (Å²) in [7, 11) is 0. The summed E-state index contributed by atoms with van der Waals surface area (Å²) >= 11 is 1.40. The van der Waals surface area contributed by atoms with Crippen LogP contribution in [0, 0.1) is 13.8 Å². The lowest BCUT2D eigenvalue weighted by Gasteiger charge is -2.22. The van der Waals surface area contributed by atoms with Crippen molar-refractivity contribution >= 4 is 33.5 Å². The highest BCUT2D eigenvalue weighted by molar-refractivity contribution is 7.17. The summed E-state index contributed by atoms with van der Waals surface area (Å²) in [5, 5.41) is 7.59.